The summed E-state index contributed by atoms with van der Waals surface area (Å²) in [5.74, 6) is -1.91. The van der Waals surface area contributed by atoms with Gasteiger partial charge in [-0.15, -0.1) is 0 Å². The van der Waals surface area contributed by atoms with Gasteiger partial charge in [0.15, 0.2) is 0 Å². The van der Waals surface area contributed by atoms with E-state index in [1.807, 2.05) is 0 Å². The van der Waals surface area contributed by atoms with E-state index in [-0.39, 0.29) is 6.07 Å². The number of alkyl halides is 5. The number of hydrogen-bond donors (Lipinski definition) is 2. The van der Waals surface area contributed by atoms with Gasteiger partial charge in [0, 0.05) is 6.54 Å². The van der Waals surface area contributed by atoms with Gasteiger partial charge in [-0.3, -0.25) is 0 Å². The molecule has 0 aliphatic rings. The van der Waals surface area contributed by atoms with E-state index in [1.165, 1.54) is 0 Å². The van der Waals surface area contributed by atoms with Crippen LogP contribution in [0.3, 0.4) is 0 Å². The lowest BCUT2D eigenvalue weighted by molar-refractivity contribution is -0.138. The van der Waals surface area contributed by atoms with Gasteiger partial charge < -0.3 is 10.8 Å². The van der Waals surface area contributed by atoms with Crippen molar-refractivity contribution in [2.24, 2.45) is 5.73 Å². The normalized spacial score (nSPS) is 11.9. The van der Waals surface area contributed by atoms with E-state index in [4.69, 9.17) is 10.8 Å². The van der Waals surface area contributed by atoms with E-state index in [0.29, 0.717) is 0 Å². The molecule has 9 heteroatoms. The predicted molar refractivity (Wildman–Crippen MR) is 49.0 cm³/mol. The predicted octanol–water partition coefficient (Wildman–Crippen LogP) is 2.19. The number of rotatable bonds is 3. The molecule has 0 radical (unpaired) electrons. The molecular weight excluding hydrogens is 263 g/mol. The van der Waals surface area contributed by atoms with E-state index >= 15 is 0 Å². The van der Waals surface area contributed by atoms with Crippen LogP contribution < -0.4 is 5.73 Å². The molecule has 0 atom stereocenters. The number of nitrogens with two attached hydrogens (primary N) is 1. The zero-order valence-corrected chi connectivity index (χ0v) is 8.63. The van der Waals surface area contributed by atoms with Gasteiger partial charge in [-0.2, -0.15) is 13.2 Å². The van der Waals surface area contributed by atoms with Crippen LogP contribution >= 0.6 is 0 Å². The molecule has 0 amide bonds. The zero-order chi connectivity index (χ0) is 14.1. The van der Waals surface area contributed by atoms with Crippen LogP contribution in [0.1, 0.15) is 33.7 Å². The van der Waals surface area contributed by atoms with E-state index in [1.54, 1.807) is 0 Å². The lowest BCUT2D eigenvalue weighted by Gasteiger charge is -2.14. The SMILES string of the molecule is NCc1nc(C(F)F)c(C(=O)O)cc1C(F)(F)F. The molecule has 1 rings (SSSR count). The fourth-order valence-corrected chi connectivity index (χ4v) is 1.31. The average molecular weight is 270 g/mol. The third-order valence-corrected chi connectivity index (χ3v) is 2.07. The first-order valence-electron chi connectivity index (χ1n) is 4.51. The third-order valence-electron chi connectivity index (χ3n) is 2.07. The molecule has 0 aliphatic carbocycles. The minimum Gasteiger partial charge on any atom is -0.478 e. The maximum absolute atomic E-state index is 12.5. The maximum atomic E-state index is 12.5. The summed E-state index contributed by atoms with van der Waals surface area (Å²) in [6.45, 7) is -0.728. The average Bonchev–Trinajstić information content (AvgIpc) is 2.25. The molecule has 0 bridgehead atoms. The molecule has 0 spiro atoms. The van der Waals surface area contributed by atoms with Crippen LogP contribution in [0.15, 0.2) is 6.07 Å². The van der Waals surface area contributed by atoms with E-state index in [9.17, 15) is 26.7 Å². The largest absolute Gasteiger partial charge is 0.478 e. The second kappa shape index (κ2) is 4.84. The number of hydrogen-bond acceptors (Lipinski definition) is 3. The van der Waals surface area contributed by atoms with Gasteiger partial charge in [0.2, 0.25) is 0 Å². The van der Waals surface area contributed by atoms with Crippen molar-refractivity contribution in [2.45, 2.75) is 19.1 Å². The van der Waals surface area contributed by atoms with Gasteiger partial charge in [0.05, 0.1) is 16.8 Å². The van der Waals surface area contributed by atoms with Gasteiger partial charge in [0.1, 0.15) is 5.69 Å². The van der Waals surface area contributed by atoms with Gasteiger partial charge in [-0.05, 0) is 6.07 Å². The molecule has 0 saturated heterocycles. The standard InChI is InChI=1S/C9H7F5N2O2/c10-7(11)6-3(8(17)18)1-4(9(12,13)14)5(2-15)16-6/h1,7H,2,15H2,(H,17,18). The number of aromatic nitrogens is 1. The van der Waals surface area contributed by atoms with Crippen molar-refractivity contribution in [1.29, 1.82) is 0 Å². The molecule has 1 aromatic heterocycles. The second-order valence-electron chi connectivity index (χ2n) is 3.22. The minimum absolute atomic E-state index is 0.124. The summed E-state index contributed by atoms with van der Waals surface area (Å²) in [5, 5.41) is 8.60. The number of aromatic carboxylic acids is 1. The van der Waals surface area contributed by atoms with Crippen LogP contribution in [-0.2, 0) is 12.7 Å². The van der Waals surface area contributed by atoms with Gasteiger partial charge in [-0.25, -0.2) is 18.6 Å². The van der Waals surface area contributed by atoms with Crippen molar-refractivity contribution >= 4 is 5.97 Å². The quantitative estimate of drug-likeness (QED) is 0.825. The Morgan fingerprint density at radius 2 is 2.00 bits per heavy atom. The summed E-state index contributed by atoms with van der Waals surface area (Å²) in [5.41, 5.74) is 0.335. The topological polar surface area (TPSA) is 76.2 Å². The Morgan fingerprint density at radius 3 is 2.33 bits per heavy atom. The summed E-state index contributed by atoms with van der Waals surface area (Å²) < 4.78 is 62.6. The molecule has 18 heavy (non-hydrogen) atoms. The number of carboxylic acid groups (broad SMARTS) is 1. The van der Waals surface area contributed by atoms with Gasteiger partial charge >= 0.3 is 12.1 Å². The molecule has 0 aromatic carbocycles. The second-order valence-corrected chi connectivity index (χ2v) is 3.22. The van der Waals surface area contributed by atoms with Crippen LogP contribution in [-0.4, -0.2) is 16.1 Å². The molecule has 1 aromatic rings. The number of nitrogens with zero attached hydrogens (tertiary/aromatic N) is 1. The molecule has 0 fully saturated rings. The fourth-order valence-electron chi connectivity index (χ4n) is 1.31. The summed E-state index contributed by atoms with van der Waals surface area (Å²) in [6.07, 6.45) is -8.21. The maximum Gasteiger partial charge on any atom is 0.418 e. The number of carbonyl (C=O) groups is 1. The van der Waals surface area contributed by atoms with Crippen LogP contribution in [0.5, 0.6) is 0 Å². The number of pyridine rings is 1. The molecule has 3 N–H and O–H groups in total. The Labute approximate surface area is 97.2 Å². The zero-order valence-electron chi connectivity index (χ0n) is 8.63. The van der Waals surface area contributed by atoms with Crippen molar-refractivity contribution in [1.82, 2.24) is 4.98 Å². The molecular formula is C9H7F5N2O2. The Hall–Kier alpha value is -1.77. The summed E-state index contributed by atoms with van der Waals surface area (Å²) in [6, 6.07) is 0.124. The monoisotopic (exact) mass is 270 g/mol. The van der Waals surface area contributed by atoms with Crippen molar-refractivity contribution < 1.29 is 31.9 Å². The smallest absolute Gasteiger partial charge is 0.418 e. The molecule has 0 saturated carbocycles. The van der Waals surface area contributed by atoms with Gasteiger partial charge in [-0.1, -0.05) is 0 Å². The molecule has 0 unspecified atom stereocenters. The first-order valence-corrected chi connectivity index (χ1v) is 4.51. The lowest BCUT2D eigenvalue weighted by atomic mass is 10.1. The Balaban J connectivity index is 3.57. The summed E-state index contributed by atoms with van der Waals surface area (Å²) in [7, 11) is 0. The highest BCUT2D eigenvalue weighted by molar-refractivity contribution is 5.89. The van der Waals surface area contributed by atoms with Crippen molar-refractivity contribution in [3.8, 4) is 0 Å². The van der Waals surface area contributed by atoms with Crippen LogP contribution in [0.4, 0.5) is 22.0 Å². The van der Waals surface area contributed by atoms with E-state index in [0.717, 1.165) is 0 Å². The minimum atomic E-state index is -4.91. The fraction of sp³-hybridized carbons (Fsp3) is 0.333. The van der Waals surface area contributed by atoms with E-state index < -0.39 is 47.6 Å². The first kappa shape index (κ1) is 14.3. The molecule has 1 heterocycles. The number of halogens is 5. The van der Waals surface area contributed by atoms with Crippen molar-refractivity contribution in [3.05, 3.63) is 28.6 Å². The molecule has 4 nitrogen and oxygen atoms in total. The summed E-state index contributed by atoms with van der Waals surface area (Å²) in [4.78, 5) is 13.6. The van der Waals surface area contributed by atoms with Crippen LogP contribution in [0.2, 0.25) is 0 Å². The lowest BCUT2D eigenvalue weighted by Crippen LogP contribution is -2.18. The Bertz CT molecular complexity index is 473. The highest BCUT2D eigenvalue weighted by Gasteiger charge is 2.36. The Kier molecular flexibility index (Phi) is 3.85. The van der Waals surface area contributed by atoms with Crippen LogP contribution in [0.25, 0.3) is 0 Å². The highest BCUT2D eigenvalue weighted by atomic mass is 19.4. The first-order chi connectivity index (χ1) is 8.18. The number of carboxylic acids is 1. The highest BCUT2D eigenvalue weighted by Crippen LogP contribution is 2.34. The van der Waals surface area contributed by atoms with Crippen molar-refractivity contribution in [3.63, 3.8) is 0 Å². The third kappa shape index (κ3) is 2.73. The molecule has 0 aliphatic heterocycles. The van der Waals surface area contributed by atoms with Gasteiger partial charge in [0.25, 0.3) is 6.43 Å². The Morgan fingerprint density at radius 1 is 1.44 bits per heavy atom. The van der Waals surface area contributed by atoms with Crippen molar-refractivity contribution in [2.75, 3.05) is 0 Å². The van der Waals surface area contributed by atoms with E-state index in [2.05, 4.69) is 4.98 Å². The molecule has 100 valence electrons. The van der Waals surface area contributed by atoms with Crippen LogP contribution in [0, 0.1) is 0 Å². The summed E-state index contributed by atoms with van der Waals surface area (Å²) >= 11 is 0.